The average Bonchev–Trinajstić information content (AvgIpc) is 3.37. The van der Waals surface area contributed by atoms with Crippen molar-refractivity contribution in [2.45, 2.75) is 61.5 Å². The van der Waals surface area contributed by atoms with E-state index in [0.29, 0.717) is 0 Å². The number of aliphatic hydroxyl groups is 6. The Kier molecular flexibility index (Phi) is 11.0. The Labute approximate surface area is 246 Å². The Hall–Kier alpha value is -2.73. The number of aromatic nitrogens is 4. The van der Waals surface area contributed by atoms with Gasteiger partial charge in [0.1, 0.15) is 36.6 Å². The summed E-state index contributed by atoms with van der Waals surface area (Å²) in [7, 11) is 0. The topological polar surface area (TPSA) is 305 Å². The molecule has 0 unspecified atom stereocenters. The molecule has 18 nitrogen and oxygen atoms in total. The lowest BCUT2D eigenvalue weighted by molar-refractivity contribution is -0.142. The molecular weight excluding hydrogens is 604 g/mol. The third-order valence-electron chi connectivity index (χ3n) is 6.81. The summed E-state index contributed by atoms with van der Waals surface area (Å²) in [5, 5.41) is 66.9. The Morgan fingerprint density at radius 3 is 2.02 bits per heavy atom. The molecule has 2 aromatic heterocycles. The summed E-state index contributed by atoms with van der Waals surface area (Å²) < 4.78 is 13.1. The first-order chi connectivity index (χ1) is 19.8. The Bertz CT molecular complexity index is 1510. The van der Waals surface area contributed by atoms with Crippen LogP contribution in [0.15, 0.2) is 22.0 Å². The first-order valence-electron chi connectivity index (χ1n) is 12.3. The second-order valence-corrected chi connectivity index (χ2v) is 10.2. The van der Waals surface area contributed by atoms with Gasteiger partial charge in [-0.05, 0) is 24.4 Å². The van der Waals surface area contributed by atoms with Gasteiger partial charge >= 0.3 is 5.97 Å². The molecule has 2 aliphatic heterocycles. The zero-order valence-electron chi connectivity index (χ0n) is 21.8. The number of carboxylic acids is 1. The molecule has 42 heavy (non-hydrogen) atoms. The Morgan fingerprint density at radius 1 is 0.929 bits per heavy atom. The van der Waals surface area contributed by atoms with Crippen LogP contribution in [-0.4, -0.2) is 117 Å². The second-order valence-electron chi connectivity index (χ2n) is 9.43. The third-order valence-corrected chi connectivity index (χ3v) is 7.42. The Morgan fingerprint density at radius 2 is 1.52 bits per heavy atom. The molecule has 2 saturated heterocycles. The van der Waals surface area contributed by atoms with E-state index in [2.05, 4.69) is 9.97 Å². The molecular formula is C22H32N6O12S2. The van der Waals surface area contributed by atoms with E-state index in [9.17, 15) is 39.9 Å². The number of ether oxygens (including phenoxy) is 2. The standard InChI is InChI=1S/C12H17N3O7S.C10H15N3O5S/c13-4-12(9(20)8(19)6(3-16)22-12)15-2-5(1-7(17)18)10(21)14-11(15)23;11-1-4-2-13(10(19)12-8(4)17)9-7(16)6(15)5(3-14)18-9/h2,6,8-9,16,19-20H,1,3-4,13H2,(H,17,18)(H,14,21,23);2,5-7,9,14-16H,1,3,11H2,(H,12,17,19)/t6-,8-,9-,12-;5-,6-,7-,9-/m11/s1. The summed E-state index contributed by atoms with van der Waals surface area (Å²) in [4.78, 5) is 38.8. The minimum absolute atomic E-state index is 0.000254. The largest absolute Gasteiger partial charge is 0.481 e. The monoisotopic (exact) mass is 636 g/mol. The molecule has 8 atom stereocenters. The summed E-state index contributed by atoms with van der Waals surface area (Å²) in [6.45, 7) is -1.35. The number of aromatic amines is 2. The molecule has 4 rings (SSSR count). The van der Waals surface area contributed by atoms with Crippen LogP contribution in [-0.2, 0) is 33.0 Å². The minimum Gasteiger partial charge on any atom is -0.481 e. The molecule has 13 N–H and O–H groups in total. The number of nitrogens with zero attached hydrogens (tertiary/aromatic N) is 2. The van der Waals surface area contributed by atoms with Gasteiger partial charge in [-0.3, -0.25) is 33.5 Å². The number of rotatable bonds is 8. The minimum atomic E-state index is -1.73. The van der Waals surface area contributed by atoms with Crippen LogP contribution < -0.4 is 22.6 Å². The zero-order chi connectivity index (χ0) is 31.5. The molecule has 2 aliphatic rings. The molecule has 0 bridgehead atoms. The van der Waals surface area contributed by atoms with Gasteiger partial charge in [0.05, 0.1) is 19.6 Å². The molecule has 0 radical (unpaired) electrons. The van der Waals surface area contributed by atoms with Crippen LogP contribution >= 0.6 is 24.4 Å². The lowest BCUT2D eigenvalue weighted by atomic mass is 10.0. The van der Waals surface area contributed by atoms with Crippen molar-refractivity contribution in [2.75, 3.05) is 19.8 Å². The highest BCUT2D eigenvalue weighted by molar-refractivity contribution is 7.71. The molecule has 4 heterocycles. The molecule has 2 aromatic rings. The summed E-state index contributed by atoms with van der Waals surface area (Å²) in [5.41, 5.74) is 8.41. The van der Waals surface area contributed by atoms with Crippen LogP contribution in [0.1, 0.15) is 17.4 Å². The van der Waals surface area contributed by atoms with Gasteiger partial charge in [0.2, 0.25) is 0 Å². The van der Waals surface area contributed by atoms with E-state index in [-0.39, 0.29) is 33.8 Å². The maximum absolute atomic E-state index is 11.8. The van der Waals surface area contributed by atoms with Crippen LogP contribution in [0.2, 0.25) is 0 Å². The van der Waals surface area contributed by atoms with E-state index in [4.69, 9.17) is 55.6 Å². The van der Waals surface area contributed by atoms with Gasteiger partial charge < -0.3 is 56.7 Å². The fraction of sp³-hybridized carbons (Fsp3) is 0.591. The van der Waals surface area contributed by atoms with Gasteiger partial charge in [-0.1, -0.05) is 0 Å². The highest BCUT2D eigenvalue weighted by Gasteiger charge is 2.55. The van der Waals surface area contributed by atoms with Crippen LogP contribution in [0.5, 0.6) is 0 Å². The van der Waals surface area contributed by atoms with E-state index in [1.165, 1.54) is 10.8 Å². The van der Waals surface area contributed by atoms with Crippen LogP contribution in [0.3, 0.4) is 0 Å². The number of nitrogens with one attached hydrogen (secondary N) is 2. The summed E-state index contributed by atoms with van der Waals surface area (Å²) in [6.07, 6.45) is -6.54. The summed E-state index contributed by atoms with van der Waals surface area (Å²) >= 11 is 10.0. The van der Waals surface area contributed by atoms with Gasteiger partial charge in [-0.15, -0.1) is 0 Å². The van der Waals surface area contributed by atoms with E-state index >= 15 is 0 Å². The fourth-order valence-electron chi connectivity index (χ4n) is 4.54. The average molecular weight is 637 g/mol. The van der Waals surface area contributed by atoms with Gasteiger partial charge in [-0.2, -0.15) is 0 Å². The second kappa shape index (κ2) is 13.7. The first kappa shape index (κ1) is 33.8. The molecule has 2 fully saturated rings. The van der Waals surface area contributed by atoms with Crippen molar-refractivity contribution in [3.63, 3.8) is 0 Å². The smallest absolute Gasteiger partial charge is 0.308 e. The van der Waals surface area contributed by atoms with Gasteiger partial charge in [-0.25, -0.2) is 0 Å². The number of hydrogen-bond donors (Lipinski definition) is 11. The van der Waals surface area contributed by atoms with Crippen molar-refractivity contribution in [3.8, 4) is 0 Å². The van der Waals surface area contributed by atoms with Gasteiger partial charge in [0, 0.05) is 36.6 Å². The highest BCUT2D eigenvalue weighted by atomic mass is 32.1. The molecule has 0 aliphatic carbocycles. The normalized spacial score (nSPS) is 30.6. The van der Waals surface area contributed by atoms with E-state index in [1.54, 1.807) is 0 Å². The van der Waals surface area contributed by atoms with Crippen molar-refractivity contribution in [3.05, 3.63) is 53.8 Å². The number of hydrogen-bond acceptors (Lipinski definition) is 15. The summed E-state index contributed by atoms with van der Waals surface area (Å²) in [5.74, 6) is -1.23. The third kappa shape index (κ3) is 6.44. The van der Waals surface area contributed by atoms with Crippen LogP contribution in [0.4, 0.5) is 0 Å². The maximum atomic E-state index is 11.8. The molecule has 0 saturated carbocycles. The summed E-state index contributed by atoms with van der Waals surface area (Å²) in [6, 6.07) is 0. The number of carboxylic acid groups (broad SMARTS) is 1. The number of aliphatic carboxylic acids is 1. The quantitative estimate of drug-likeness (QED) is 0.121. The first-order valence-corrected chi connectivity index (χ1v) is 13.2. The van der Waals surface area contributed by atoms with Gasteiger partial charge in [0.15, 0.2) is 21.5 Å². The predicted octanol–water partition coefficient (Wildman–Crippen LogP) is -4.77. The van der Waals surface area contributed by atoms with E-state index < -0.39 is 85.3 Å². The molecule has 234 valence electrons. The van der Waals surface area contributed by atoms with E-state index in [1.807, 2.05) is 0 Å². The van der Waals surface area contributed by atoms with Crippen LogP contribution in [0, 0.1) is 9.54 Å². The van der Waals surface area contributed by atoms with Crippen molar-refractivity contribution in [1.29, 1.82) is 0 Å². The van der Waals surface area contributed by atoms with Crippen molar-refractivity contribution in [2.24, 2.45) is 11.5 Å². The number of H-pyrrole nitrogens is 2. The van der Waals surface area contributed by atoms with Crippen molar-refractivity contribution < 1.29 is 50.0 Å². The van der Waals surface area contributed by atoms with Crippen molar-refractivity contribution >= 4 is 30.4 Å². The highest BCUT2D eigenvalue weighted by Crippen LogP contribution is 2.35. The molecule has 0 aromatic carbocycles. The fourth-order valence-corrected chi connectivity index (χ4v) is 5.08. The molecule has 0 spiro atoms. The van der Waals surface area contributed by atoms with E-state index in [0.717, 1.165) is 10.8 Å². The number of aliphatic hydroxyl groups excluding tert-OH is 6. The number of carbonyl (C=O) groups is 1. The number of nitrogens with two attached hydrogens (primary N) is 2. The molecule has 0 amide bonds. The van der Waals surface area contributed by atoms with Crippen LogP contribution in [0.25, 0.3) is 0 Å². The SMILES string of the molecule is NC[C@@]1(n2cc(CC(=O)O)c(=O)[nH]c2=S)O[C@H](CO)[C@@H](O)[C@H]1O.NCc1cn([C@@H]2O[C@H](CO)[C@@H](O)[C@H]2O)c(=S)[nH]c1=O. The Balaban J connectivity index is 0.000000235. The lowest BCUT2D eigenvalue weighted by Gasteiger charge is -2.33. The lowest BCUT2D eigenvalue weighted by Crippen LogP contribution is -2.52. The van der Waals surface area contributed by atoms with Gasteiger partial charge in [0.25, 0.3) is 11.1 Å². The zero-order valence-corrected chi connectivity index (χ0v) is 23.4. The maximum Gasteiger partial charge on any atom is 0.308 e. The predicted molar refractivity (Wildman–Crippen MR) is 145 cm³/mol. The van der Waals surface area contributed by atoms with Crippen molar-refractivity contribution in [1.82, 2.24) is 19.1 Å². The molecule has 20 heteroatoms.